The Morgan fingerprint density at radius 1 is 1.22 bits per heavy atom. The van der Waals surface area contributed by atoms with Crippen molar-refractivity contribution in [3.63, 3.8) is 0 Å². The van der Waals surface area contributed by atoms with Gasteiger partial charge in [0.15, 0.2) is 9.84 Å². The highest BCUT2D eigenvalue weighted by molar-refractivity contribution is 7.90. The summed E-state index contributed by atoms with van der Waals surface area (Å²) >= 11 is 0. The summed E-state index contributed by atoms with van der Waals surface area (Å²) in [5.41, 5.74) is 2.98. The third-order valence-electron chi connectivity index (χ3n) is 2.87. The fraction of sp³-hybridized carbons (Fsp3) is 0.500. The summed E-state index contributed by atoms with van der Waals surface area (Å²) in [5, 5.41) is 8.40. The highest BCUT2D eigenvalue weighted by atomic mass is 32.2. The number of sulfone groups is 1. The van der Waals surface area contributed by atoms with E-state index in [1.165, 1.54) is 0 Å². The molecule has 18 heavy (non-hydrogen) atoms. The van der Waals surface area contributed by atoms with E-state index in [1.807, 2.05) is 38.1 Å². The second kappa shape index (κ2) is 6.55. The molecule has 0 N–H and O–H groups in total. The van der Waals surface area contributed by atoms with Crippen LogP contribution in [0.25, 0.3) is 0 Å². The van der Waals surface area contributed by atoms with Crippen LogP contribution in [0.3, 0.4) is 0 Å². The summed E-state index contributed by atoms with van der Waals surface area (Å²) in [6.45, 7) is 3.89. The minimum atomic E-state index is -3.06. The number of hydrogen-bond donors (Lipinski definition) is 0. The molecule has 0 atom stereocenters. The van der Waals surface area contributed by atoms with E-state index in [4.69, 9.17) is 5.26 Å². The molecule has 0 unspecified atom stereocenters. The Kier molecular flexibility index (Phi) is 5.36. The number of benzene rings is 1. The van der Waals surface area contributed by atoms with Crippen molar-refractivity contribution in [1.82, 2.24) is 0 Å². The second-order valence-electron chi connectivity index (χ2n) is 4.64. The molecule has 0 aliphatic heterocycles. The summed E-state index contributed by atoms with van der Waals surface area (Å²) in [5.74, 6) is 0.273. The summed E-state index contributed by atoms with van der Waals surface area (Å²) in [7, 11) is -3.06. The van der Waals surface area contributed by atoms with Gasteiger partial charge in [0.05, 0.1) is 17.6 Å². The van der Waals surface area contributed by atoms with E-state index in [0.717, 1.165) is 16.7 Å². The lowest BCUT2D eigenvalue weighted by atomic mass is 10.1. The van der Waals surface area contributed by atoms with E-state index in [2.05, 4.69) is 0 Å². The van der Waals surface area contributed by atoms with Crippen LogP contribution >= 0.6 is 0 Å². The topological polar surface area (TPSA) is 57.9 Å². The van der Waals surface area contributed by atoms with Gasteiger partial charge in [0.2, 0.25) is 0 Å². The van der Waals surface area contributed by atoms with Crippen molar-refractivity contribution in [2.45, 2.75) is 38.9 Å². The van der Waals surface area contributed by atoms with Gasteiger partial charge in [0, 0.05) is 6.42 Å². The zero-order valence-corrected chi connectivity index (χ0v) is 11.8. The number of rotatable bonds is 6. The predicted molar refractivity (Wildman–Crippen MR) is 72.9 cm³/mol. The molecule has 4 heteroatoms. The Labute approximate surface area is 109 Å². The Hall–Kier alpha value is -1.34. The van der Waals surface area contributed by atoms with Crippen LogP contribution in [-0.4, -0.2) is 14.2 Å². The maximum Gasteiger partial charge on any atom is 0.154 e. The van der Waals surface area contributed by atoms with Crippen LogP contribution in [0.2, 0.25) is 0 Å². The molecule has 0 fully saturated rings. The minimum Gasteiger partial charge on any atom is -0.228 e. The molecule has 1 aromatic rings. The van der Waals surface area contributed by atoms with Crippen LogP contribution < -0.4 is 0 Å². The van der Waals surface area contributed by atoms with Crippen LogP contribution in [-0.2, 0) is 15.6 Å². The first-order valence-electron chi connectivity index (χ1n) is 6.08. The molecule has 0 aromatic heterocycles. The molecular formula is C14H19NO2S. The number of hydrogen-bond acceptors (Lipinski definition) is 3. The average molecular weight is 265 g/mol. The zero-order chi connectivity index (χ0) is 13.6. The SMILES string of the molecule is Cc1ccc(C)c(CS(=O)(=O)CCCCC#N)c1. The fourth-order valence-corrected chi connectivity index (χ4v) is 3.36. The molecule has 1 rings (SSSR count). The van der Waals surface area contributed by atoms with Crippen molar-refractivity contribution in [3.05, 3.63) is 34.9 Å². The first-order valence-corrected chi connectivity index (χ1v) is 7.90. The van der Waals surface area contributed by atoms with Gasteiger partial charge in [-0.25, -0.2) is 8.42 Å². The van der Waals surface area contributed by atoms with Gasteiger partial charge in [-0.05, 0) is 37.8 Å². The Bertz CT molecular complexity index is 541. The van der Waals surface area contributed by atoms with E-state index in [-0.39, 0.29) is 11.5 Å². The lowest BCUT2D eigenvalue weighted by molar-refractivity contribution is 0.591. The zero-order valence-electron chi connectivity index (χ0n) is 10.9. The molecule has 0 aliphatic carbocycles. The number of nitrogens with zero attached hydrogens (tertiary/aromatic N) is 1. The van der Waals surface area contributed by atoms with Crippen LogP contribution in [0.15, 0.2) is 18.2 Å². The largest absolute Gasteiger partial charge is 0.228 e. The van der Waals surface area contributed by atoms with Crippen LogP contribution in [0.5, 0.6) is 0 Å². The van der Waals surface area contributed by atoms with Crippen LogP contribution in [0, 0.1) is 25.2 Å². The molecule has 1 aromatic carbocycles. The standard InChI is InChI=1S/C14H19NO2S/c1-12-6-7-13(2)14(10-12)11-18(16,17)9-5-3-4-8-15/h6-7,10H,3-5,9,11H2,1-2H3. The van der Waals surface area contributed by atoms with Crippen molar-refractivity contribution in [1.29, 1.82) is 5.26 Å². The van der Waals surface area contributed by atoms with Gasteiger partial charge >= 0.3 is 0 Å². The molecule has 0 aliphatic rings. The van der Waals surface area contributed by atoms with E-state index in [1.54, 1.807) is 0 Å². The molecule has 0 saturated heterocycles. The van der Waals surface area contributed by atoms with Gasteiger partial charge in [0.1, 0.15) is 0 Å². The van der Waals surface area contributed by atoms with Crippen LogP contribution in [0.1, 0.15) is 36.0 Å². The lowest BCUT2D eigenvalue weighted by Crippen LogP contribution is -2.10. The summed E-state index contributed by atoms with van der Waals surface area (Å²) in [4.78, 5) is 0. The highest BCUT2D eigenvalue weighted by Gasteiger charge is 2.13. The first kappa shape index (κ1) is 14.7. The third kappa shape index (κ3) is 4.89. The fourth-order valence-electron chi connectivity index (χ4n) is 1.79. The summed E-state index contributed by atoms with van der Waals surface area (Å²) < 4.78 is 23.9. The van der Waals surface area contributed by atoms with Crippen molar-refractivity contribution < 1.29 is 8.42 Å². The Morgan fingerprint density at radius 3 is 2.61 bits per heavy atom. The number of aryl methyl sites for hydroxylation is 2. The van der Waals surface area contributed by atoms with Gasteiger partial charge < -0.3 is 0 Å². The van der Waals surface area contributed by atoms with Crippen molar-refractivity contribution in [3.8, 4) is 6.07 Å². The molecule has 0 heterocycles. The molecule has 0 spiro atoms. The smallest absolute Gasteiger partial charge is 0.154 e. The van der Waals surface area contributed by atoms with Crippen molar-refractivity contribution in [2.24, 2.45) is 0 Å². The minimum absolute atomic E-state index is 0.104. The Balaban J connectivity index is 2.65. The third-order valence-corrected chi connectivity index (χ3v) is 4.54. The second-order valence-corrected chi connectivity index (χ2v) is 6.82. The van der Waals surface area contributed by atoms with Gasteiger partial charge in [-0.3, -0.25) is 0 Å². The summed E-state index contributed by atoms with van der Waals surface area (Å²) in [6, 6.07) is 7.90. The quantitative estimate of drug-likeness (QED) is 0.743. The van der Waals surface area contributed by atoms with Crippen molar-refractivity contribution >= 4 is 9.84 Å². The van der Waals surface area contributed by atoms with Gasteiger partial charge in [-0.2, -0.15) is 5.26 Å². The van der Waals surface area contributed by atoms with E-state index in [9.17, 15) is 8.42 Å². The molecule has 3 nitrogen and oxygen atoms in total. The summed E-state index contributed by atoms with van der Waals surface area (Å²) in [6.07, 6.45) is 1.66. The predicted octanol–water partition coefficient (Wildman–Crippen LogP) is 2.91. The molecule has 0 bridgehead atoms. The van der Waals surface area contributed by atoms with Gasteiger partial charge in [-0.15, -0.1) is 0 Å². The monoisotopic (exact) mass is 265 g/mol. The molecule has 0 amide bonds. The van der Waals surface area contributed by atoms with E-state index >= 15 is 0 Å². The highest BCUT2D eigenvalue weighted by Crippen LogP contribution is 2.15. The van der Waals surface area contributed by atoms with Gasteiger partial charge in [0.25, 0.3) is 0 Å². The first-order chi connectivity index (χ1) is 8.44. The molecule has 0 radical (unpaired) electrons. The average Bonchev–Trinajstić information content (AvgIpc) is 2.29. The number of unbranched alkanes of at least 4 members (excludes halogenated alkanes) is 2. The van der Waals surface area contributed by atoms with Crippen molar-refractivity contribution in [2.75, 3.05) is 5.75 Å². The molecule has 0 saturated carbocycles. The van der Waals surface area contributed by atoms with E-state index in [0.29, 0.717) is 19.3 Å². The molecular weight excluding hydrogens is 246 g/mol. The van der Waals surface area contributed by atoms with E-state index < -0.39 is 9.84 Å². The Morgan fingerprint density at radius 2 is 1.94 bits per heavy atom. The maximum atomic E-state index is 11.9. The van der Waals surface area contributed by atoms with Gasteiger partial charge in [-0.1, -0.05) is 23.8 Å². The normalized spacial score (nSPS) is 11.2. The maximum absolute atomic E-state index is 11.9. The lowest BCUT2D eigenvalue weighted by Gasteiger charge is -2.08. The van der Waals surface area contributed by atoms with Crippen LogP contribution in [0.4, 0.5) is 0 Å². The number of nitriles is 1. The molecule has 98 valence electrons.